The highest BCUT2D eigenvalue weighted by Gasteiger charge is 2.29. The highest BCUT2D eigenvalue weighted by Crippen LogP contribution is 2.18. The predicted molar refractivity (Wildman–Crippen MR) is 80.2 cm³/mol. The summed E-state index contributed by atoms with van der Waals surface area (Å²) < 4.78 is 37.7. The van der Waals surface area contributed by atoms with E-state index >= 15 is 0 Å². The van der Waals surface area contributed by atoms with Crippen molar-refractivity contribution in [2.24, 2.45) is 0 Å². The molecule has 0 radical (unpaired) electrons. The first kappa shape index (κ1) is 18.1. The fraction of sp³-hybridized carbons (Fsp3) is 0.643. The third-order valence-corrected chi connectivity index (χ3v) is 3.75. The van der Waals surface area contributed by atoms with Crippen LogP contribution >= 0.6 is 0 Å². The second-order valence-corrected chi connectivity index (χ2v) is 5.71. The summed E-state index contributed by atoms with van der Waals surface area (Å²) in [5.74, 6) is 0.00882. The average molecular weight is 347 g/mol. The van der Waals surface area contributed by atoms with Gasteiger partial charge in [0.25, 0.3) is 0 Å². The summed E-state index contributed by atoms with van der Waals surface area (Å²) in [6.07, 6.45) is -3.14. The number of alkyl halides is 3. The molecule has 2 heterocycles. The first-order chi connectivity index (χ1) is 11.2. The van der Waals surface area contributed by atoms with Crippen molar-refractivity contribution in [3.63, 3.8) is 0 Å². The Balaban J connectivity index is 1.87. The van der Waals surface area contributed by atoms with E-state index in [4.69, 9.17) is 0 Å². The lowest BCUT2D eigenvalue weighted by molar-refractivity contribution is -0.142. The SMILES string of the molecule is CC(=O)N1CCN(C(=O)C(C)Nc2ccn(CC(F)(F)F)n2)CC1. The van der Waals surface area contributed by atoms with Crippen LogP contribution in [-0.4, -0.2) is 69.8 Å². The van der Waals surface area contributed by atoms with E-state index in [1.54, 1.807) is 16.7 Å². The van der Waals surface area contributed by atoms with Gasteiger partial charge in [-0.05, 0) is 6.92 Å². The van der Waals surface area contributed by atoms with Gasteiger partial charge in [0, 0.05) is 45.4 Å². The lowest BCUT2D eigenvalue weighted by Gasteiger charge is -2.35. The lowest BCUT2D eigenvalue weighted by atomic mass is 10.2. The molecule has 0 spiro atoms. The predicted octanol–water partition coefficient (Wildman–Crippen LogP) is 0.936. The van der Waals surface area contributed by atoms with Gasteiger partial charge in [-0.25, -0.2) is 0 Å². The summed E-state index contributed by atoms with van der Waals surface area (Å²) in [6, 6.07) is 0.770. The summed E-state index contributed by atoms with van der Waals surface area (Å²) in [6.45, 7) is 3.77. The maximum atomic E-state index is 12.4. The Hall–Kier alpha value is -2.26. The number of nitrogens with one attached hydrogen (secondary N) is 1. The zero-order valence-corrected chi connectivity index (χ0v) is 13.5. The van der Waals surface area contributed by atoms with Gasteiger partial charge in [0.2, 0.25) is 11.8 Å². The minimum absolute atomic E-state index is 0.0246. The number of piperazine rings is 1. The largest absolute Gasteiger partial charge is 0.408 e. The molecular formula is C14H20F3N5O2. The Morgan fingerprint density at radius 2 is 1.83 bits per heavy atom. The fourth-order valence-corrected chi connectivity index (χ4v) is 2.51. The van der Waals surface area contributed by atoms with Gasteiger partial charge in [-0.3, -0.25) is 14.3 Å². The highest BCUT2D eigenvalue weighted by molar-refractivity contribution is 5.84. The second kappa shape index (κ2) is 7.10. The van der Waals surface area contributed by atoms with Crippen molar-refractivity contribution >= 4 is 17.6 Å². The number of carbonyl (C=O) groups excluding carboxylic acids is 2. The van der Waals surface area contributed by atoms with E-state index < -0.39 is 18.8 Å². The van der Waals surface area contributed by atoms with Crippen LogP contribution < -0.4 is 5.32 Å². The lowest BCUT2D eigenvalue weighted by Crippen LogP contribution is -2.53. The van der Waals surface area contributed by atoms with Gasteiger partial charge in [0.15, 0.2) is 0 Å². The minimum Gasteiger partial charge on any atom is -0.357 e. The number of hydrogen-bond donors (Lipinski definition) is 1. The molecule has 1 saturated heterocycles. The van der Waals surface area contributed by atoms with Gasteiger partial charge in [0.05, 0.1) is 0 Å². The number of halogens is 3. The van der Waals surface area contributed by atoms with Crippen LogP contribution in [0, 0.1) is 0 Å². The quantitative estimate of drug-likeness (QED) is 0.880. The van der Waals surface area contributed by atoms with Crippen LogP contribution in [0.5, 0.6) is 0 Å². The van der Waals surface area contributed by atoms with Crippen LogP contribution in [0.15, 0.2) is 12.3 Å². The van der Waals surface area contributed by atoms with Crippen LogP contribution in [0.2, 0.25) is 0 Å². The van der Waals surface area contributed by atoms with E-state index in [2.05, 4.69) is 10.4 Å². The van der Waals surface area contributed by atoms with Gasteiger partial charge >= 0.3 is 6.18 Å². The maximum absolute atomic E-state index is 12.4. The number of carbonyl (C=O) groups is 2. The zero-order valence-electron chi connectivity index (χ0n) is 13.5. The van der Waals surface area contributed by atoms with E-state index in [9.17, 15) is 22.8 Å². The molecule has 0 aliphatic carbocycles. The average Bonchev–Trinajstić information content (AvgIpc) is 2.91. The number of aromatic nitrogens is 2. The number of amides is 2. The smallest absolute Gasteiger partial charge is 0.357 e. The minimum atomic E-state index is -4.35. The Morgan fingerprint density at radius 3 is 2.38 bits per heavy atom. The molecule has 1 fully saturated rings. The topological polar surface area (TPSA) is 70.5 Å². The Kier molecular flexibility index (Phi) is 5.35. The third kappa shape index (κ3) is 4.87. The van der Waals surface area contributed by atoms with Crippen molar-refractivity contribution in [3.05, 3.63) is 12.3 Å². The molecule has 1 atom stereocenters. The number of anilines is 1. The van der Waals surface area contributed by atoms with Crippen molar-refractivity contribution in [1.29, 1.82) is 0 Å². The van der Waals surface area contributed by atoms with Crippen LogP contribution in [0.3, 0.4) is 0 Å². The summed E-state index contributed by atoms with van der Waals surface area (Å²) in [5, 5.41) is 6.57. The molecule has 1 N–H and O–H groups in total. The van der Waals surface area contributed by atoms with Crippen molar-refractivity contribution in [2.45, 2.75) is 32.6 Å². The Bertz CT molecular complexity index is 593. The van der Waals surface area contributed by atoms with E-state index in [-0.39, 0.29) is 17.6 Å². The molecule has 10 heteroatoms. The van der Waals surface area contributed by atoms with Gasteiger partial charge in [-0.1, -0.05) is 0 Å². The molecular weight excluding hydrogens is 327 g/mol. The van der Waals surface area contributed by atoms with Gasteiger partial charge < -0.3 is 15.1 Å². The molecule has 24 heavy (non-hydrogen) atoms. The summed E-state index contributed by atoms with van der Waals surface area (Å²) in [4.78, 5) is 26.9. The zero-order chi connectivity index (χ0) is 17.9. The van der Waals surface area contributed by atoms with Crippen LogP contribution in [0.4, 0.5) is 19.0 Å². The Morgan fingerprint density at radius 1 is 1.25 bits per heavy atom. The third-order valence-electron chi connectivity index (χ3n) is 3.75. The molecule has 2 amide bonds. The standard InChI is InChI=1S/C14H20F3N5O2/c1-10(13(24)21-7-5-20(6-8-21)11(2)23)18-12-3-4-22(19-12)9-14(15,16)17/h3-4,10H,5-9H2,1-2H3,(H,18,19). The Labute approximate surface area is 137 Å². The molecule has 1 aliphatic heterocycles. The van der Waals surface area contributed by atoms with E-state index in [1.165, 1.54) is 19.2 Å². The molecule has 7 nitrogen and oxygen atoms in total. The van der Waals surface area contributed by atoms with Gasteiger partial charge in [0.1, 0.15) is 18.4 Å². The summed E-state index contributed by atoms with van der Waals surface area (Å²) >= 11 is 0. The molecule has 0 saturated carbocycles. The molecule has 0 bridgehead atoms. The van der Waals surface area contributed by atoms with Gasteiger partial charge in [-0.15, -0.1) is 0 Å². The van der Waals surface area contributed by atoms with Crippen molar-refractivity contribution < 1.29 is 22.8 Å². The number of hydrogen-bond acceptors (Lipinski definition) is 4. The highest BCUT2D eigenvalue weighted by atomic mass is 19.4. The van der Waals surface area contributed by atoms with Gasteiger partial charge in [-0.2, -0.15) is 18.3 Å². The number of rotatable bonds is 4. The first-order valence-corrected chi connectivity index (χ1v) is 7.57. The van der Waals surface area contributed by atoms with Crippen molar-refractivity contribution in [3.8, 4) is 0 Å². The van der Waals surface area contributed by atoms with Crippen molar-refractivity contribution in [1.82, 2.24) is 19.6 Å². The molecule has 1 aliphatic rings. The molecule has 1 aromatic heterocycles. The molecule has 1 unspecified atom stereocenters. The maximum Gasteiger partial charge on any atom is 0.408 e. The monoisotopic (exact) mass is 347 g/mol. The van der Waals surface area contributed by atoms with Crippen LogP contribution in [-0.2, 0) is 16.1 Å². The van der Waals surface area contributed by atoms with E-state index in [0.29, 0.717) is 26.2 Å². The van der Waals surface area contributed by atoms with E-state index in [0.717, 1.165) is 4.68 Å². The number of nitrogens with zero attached hydrogens (tertiary/aromatic N) is 4. The molecule has 0 aromatic carbocycles. The molecule has 1 aromatic rings. The van der Waals surface area contributed by atoms with Crippen molar-refractivity contribution in [2.75, 3.05) is 31.5 Å². The van der Waals surface area contributed by atoms with E-state index in [1.807, 2.05) is 0 Å². The fourth-order valence-electron chi connectivity index (χ4n) is 2.51. The van der Waals surface area contributed by atoms with Crippen LogP contribution in [0.25, 0.3) is 0 Å². The summed E-state index contributed by atoms with van der Waals surface area (Å²) in [5.41, 5.74) is 0. The van der Waals surface area contributed by atoms with Crippen LogP contribution in [0.1, 0.15) is 13.8 Å². The first-order valence-electron chi connectivity index (χ1n) is 7.57. The second-order valence-electron chi connectivity index (χ2n) is 5.71. The molecule has 2 rings (SSSR count). The summed E-state index contributed by atoms with van der Waals surface area (Å²) in [7, 11) is 0. The normalized spacial score (nSPS) is 16.9. The molecule has 134 valence electrons.